The van der Waals surface area contributed by atoms with Crippen LogP contribution in [0.15, 0.2) is 17.1 Å². The zero-order valence-corrected chi connectivity index (χ0v) is 11.5. The maximum Gasteiger partial charge on any atom is 0.268 e. The molecule has 18 heavy (non-hydrogen) atoms. The molecule has 5 nitrogen and oxygen atoms in total. The molecule has 0 spiro atoms. The van der Waals surface area contributed by atoms with Gasteiger partial charge in [-0.1, -0.05) is 13.8 Å². The second-order valence-corrected chi connectivity index (χ2v) is 4.78. The minimum absolute atomic E-state index is 0.0545. The van der Waals surface area contributed by atoms with Crippen LogP contribution in [0.3, 0.4) is 0 Å². The molecule has 0 amide bonds. The number of methoxy groups -OCH3 is 1. The van der Waals surface area contributed by atoms with E-state index in [4.69, 9.17) is 4.74 Å². The van der Waals surface area contributed by atoms with Crippen LogP contribution in [0.1, 0.15) is 26.7 Å². The highest BCUT2D eigenvalue weighted by molar-refractivity contribution is 5.38. The molecule has 0 unspecified atom stereocenters. The molecule has 0 saturated carbocycles. The molecule has 0 fully saturated rings. The van der Waals surface area contributed by atoms with Crippen LogP contribution in [0.2, 0.25) is 0 Å². The highest BCUT2D eigenvalue weighted by Gasteiger charge is 2.01. The predicted molar refractivity (Wildman–Crippen MR) is 72.9 cm³/mol. The van der Waals surface area contributed by atoms with Crippen LogP contribution in [0.5, 0.6) is 0 Å². The van der Waals surface area contributed by atoms with Crippen LogP contribution in [0, 0.1) is 5.92 Å². The first kappa shape index (κ1) is 14.7. The van der Waals surface area contributed by atoms with Crippen LogP contribution in [-0.4, -0.2) is 30.0 Å². The number of aryl methyl sites for hydroxylation is 1. The van der Waals surface area contributed by atoms with Crippen molar-refractivity contribution in [1.29, 1.82) is 0 Å². The highest BCUT2D eigenvalue weighted by Crippen LogP contribution is 2.02. The number of aromatic nitrogens is 2. The van der Waals surface area contributed by atoms with Crippen molar-refractivity contribution in [1.82, 2.24) is 9.78 Å². The van der Waals surface area contributed by atoms with Crippen LogP contribution in [-0.2, 0) is 11.3 Å². The smallest absolute Gasteiger partial charge is 0.268 e. The van der Waals surface area contributed by atoms with E-state index in [0.29, 0.717) is 12.5 Å². The van der Waals surface area contributed by atoms with Gasteiger partial charge in [0.15, 0.2) is 0 Å². The first-order valence-corrected chi connectivity index (χ1v) is 6.43. The normalized spacial score (nSPS) is 10.9. The Bertz CT molecular complexity index is 401. The standard InChI is InChI=1S/C13H23N3O2/c1-11(2)9-14-12-8-13(17)16(15-10-12)6-4-5-7-18-3/h8,10-11,14H,4-7,9H2,1-3H3. The molecule has 1 rings (SSSR count). The van der Waals surface area contributed by atoms with Gasteiger partial charge in [-0.25, -0.2) is 4.68 Å². The van der Waals surface area contributed by atoms with Crippen LogP contribution >= 0.6 is 0 Å². The molecule has 1 heterocycles. The Morgan fingerprint density at radius 3 is 2.83 bits per heavy atom. The number of hydrogen-bond donors (Lipinski definition) is 1. The number of nitrogens with one attached hydrogen (secondary N) is 1. The van der Waals surface area contributed by atoms with Gasteiger partial charge in [-0.3, -0.25) is 4.79 Å². The Kier molecular flexibility index (Phi) is 6.43. The lowest BCUT2D eigenvalue weighted by Gasteiger charge is -2.09. The number of nitrogens with zero attached hydrogens (tertiary/aromatic N) is 2. The molecule has 0 radical (unpaired) electrons. The van der Waals surface area contributed by atoms with Crippen molar-refractivity contribution in [2.45, 2.75) is 33.2 Å². The Hall–Kier alpha value is -1.36. The predicted octanol–water partition coefficient (Wildman–Crippen LogP) is 1.74. The molecule has 0 saturated heterocycles. The molecule has 0 atom stereocenters. The summed E-state index contributed by atoms with van der Waals surface area (Å²) >= 11 is 0. The lowest BCUT2D eigenvalue weighted by atomic mass is 10.2. The lowest BCUT2D eigenvalue weighted by molar-refractivity contribution is 0.190. The van der Waals surface area contributed by atoms with Crippen molar-refractivity contribution in [3.05, 3.63) is 22.6 Å². The Morgan fingerprint density at radius 1 is 1.44 bits per heavy atom. The maximum absolute atomic E-state index is 11.8. The molecule has 0 aliphatic carbocycles. The van der Waals surface area contributed by atoms with E-state index in [-0.39, 0.29) is 5.56 Å². The molecule has 102 valence electrons. The van der Waals surface area contributed by atoms with Gasteiger partial charge in [0, 0.05) is 32.9 Å². The third kappa shape index (κ3) is 5.31. The zero-order chi connectivity index (χ0) is 13.4. The van der Waals surface area contributed by atoms with Crippen LogP contribution in [0.4, 0.5) is 5.69 Å². The van der Waals surface area contributed by atoms with E-state index in [9.17, 15) is 4.79 Å². The van der Waals surface area contributed by atoms with E-state index < -0.39 is 0 Å². The second-order valence-electron chi connectivity index (χ2n) is 4.78. The fourth-order valence-corrected chi connectivity index (χ4v) is 1.53. The maximum atomic E-state index is 11.8. The molecular weight excluding hydrogens is 230 g/mol. The summed E-state index contributed by atoms with van der Waals surface area (Å²) in [5.41, 5.74) is 0.739. The number of rotatable bonds is 8. The van der Waals surface area contributed by atoms with Gasteiger partial charge in [-0.05, 0) is 18.8 Å². The van der Waals surface area contributed by atoms with Crippen molar-refractivity contribution in [2.75, 3.05) is 25.6 Å². The summed E-state index contributed by atoms with van der Waals surface area (Å²) in [5.74, 6) is 0.543. The third-order valence-corrected chi connectivity index (χ3v) is 2.55. The average molecular weight is 253 g/mol. The summed E-state index contributed by atoms with van der Waals surface area (Å²) in [7, 11) is 1.68. The van der Waals surface area contributed by atoms with Crippen molar-refractivity contribution in [3.8, 4) is 0 Å². The molecule has 0 aromatic carbocycles. The van der Waals surface area contributed by atoms with Crippen LogP contribution in [0.25, 0.3) is 0 Å². The number of hydrogen-bond acceptors (Lipinski definition) is 4. The van der Waals surface area contributed by atoms with Gasteiger partial charge in [-0.15, -0.1) is 0 Å². The molecule has 0 aliphatic rings. The van der Waals surface area contributed by atoms with E-state index in [0.717, 1.165) is 31.7 Å². The SMILES string of the molecule is COCCCCn1ncc(NCC(C)C)cc1=O. The van der Waals surface area contributed by atoms with Gasteiger partial charge in [0.05, 0.1) is 11.9 Å². The Morgan fingerprint density at radius 2 is 2.22 bits per heavy atom. The van der Waals surface area contributed by atoms with Gasteiger partial charge in [-0.2, -0.15) is 5.10 Å². The summed E-state index contributed by atoms with van der Waals surface area (Å²) in [6.07, 6.45) is 3.55. The number of anilines is 1. The second kappa shape index (κ2) is 7.87. The zero-order valence-electron chi connectivity index (χ0n) is 11.5. The van der Waals surface area contributed by atoms with E-state index in [1.165, 1.54) is 4.68 Å². The van der Waals surface area contributed by atoms with Crippen LogP contribution < -0.4 is 10.9 Å². The first-order valence-electron chi connectivity index (χ1n) is 6.43. The minimum atomic E-state index is -0.0545. The number of ether oxygens (including phenoxy) is 1. The van der Waals surface area contributed by atoms with Gasteiger partial charge in [0.2, 0.25) is 0 Å². The van der Waals surface area contributed by atoms with E-state index >= 15 is 0 Å². The Labute approximate surface area is 108 Å². The number of unbranched alkanes of at least 4 members (excludes halogenated alkanes) is 1. The van der Waals surface area contributed by atoms with Gasteiger partial charge >= 0.3 is 0 Å². The fourth-order valence-electron chi connectivity index (χ4n) is 1.53. The fraction of sp³-hybridized carbons (Fsp3) is 0.692. The summed E-state index contributed by atoms with van der Waals surface area (Å²) in [6.45, 7) is 6.46. The van der Waals surface area contributed by atoms with Crippen molar-refractivity contribution in [2.24, 2.45) is 5.92 Å². The molecule has 1 N–H and O–H groups in total. The molecule has 5 heteroatoms. The summed E-state index contributed by atoms with van der Waals surface area (Å²) < 4.78 is 6.46. The quantitative estimate of drug-likeness (QED) is 0.717. The summed E-state index contributed by atoms with van der Waals surface area (Å²) in [5, 5.41) is 7.35. The molecule has 1 aromatic heterocycles. The van der Waals surface area contributed by atoms with Crippen molar-refractivity contribution in [3.63, 3.8) is 0 Å². The van der Waals surface area contributed by atoms with Gasteiger partial charge in [0.1, 0.15) is 0 Å². The topological polar surface area (TPSA) is 56.1 Å². The summed E-state index contributed by atoms with van der Waals surface area (Å²) in [4.78, 5) is 11.8. The average Bonchev–Trinajstić information content (AvgIpc) is 2.34. The first-order chi connectivity index (χ1) is 8.63. The van der Waals surface area contributed by atoms with Gasteiger partial charge in [0.25, 0.3) is 5.56 Å². The molecular formula is C13H23N3O2. The molecule has 0 bridgehead atoms. The lowest BCUT2D eigenvalue weighted by Crippen LogP contribution is -2.23. The van der Waals surface area contributed by atoms with Gasteiger partial charge < -0.3 is 10.1 Å². The molecule has 0 aliphatic heterocycles. The van der Waals surface area contributed by atoms with E-state index in [1.807, 2.05) is 0 Å². The third-order valence-electron chi connectivity index (χ3n) is 2.55. The van der Waals surface area contributed by atoms with Crippen molar-refractivity contribution < 1.29 is 4.74 Å². The largest absolute Gasteiger partial charge is 0.385 e. The van der Waals surface area contributed by atoms with Crippen molar-refractivity contribution >= 4 is 5.69 Å². The highest BCUT2D eigenvalue weighted by atomic mass is 16.5. The minimum Gasteiger partial charge on any atom is -0.385 e. The van der Waals surface area contributed by atoms with E-state index in [1.54, 1.807) is 19.4 Å². The summed E-state index contributed by atoms with van der Waals surface area (Å²) in [6, 6.07) is 1.60. The van der Waals surface area contributed by atoms with E-state index in [2.05, 4.69) is 24.3 Å². The monoisotopic (exact) mass is 253 g/mol. The molecule has 1 aromatic rings. The Balaban J connectivity index is 2.49.